The van der Waals surface area contributed by atoms with Crippen molar-refractivity contribution in [2.45, 2.75) is 77.2 Å². The number of halogens is 1. The number of unbranched alkanes of at least 4 members (excludes halogenated alkanes) is 7. The first-order valence-corrected chi connectivity index (χ1v) is 8.22. The molecule has 1 rings (SSSR count). The van der Waals surface area contributed by atoms with E-state index in [0.717, 1.165) is 18.4 Å². The van der Waals surface area contributed by atoms with E-state index in [9.17, 15) is 4.39 Å². The van der Waals surface area contributed by atoms with Crippen molar-refractivity contribution < 1.29 is 4.39 Å². The first kappa shape index (κ1) is 17.2. The van der Waals surface area contributed by atoms with E-state index in [0.29, 0.717) is 0 Å². The Balaban J connectivity index is 2.00. The van der Waals surface area contributed by atoms with Gasteiger partial charge in [0.1, 0.15) is 5.82 Å². The summed E-state index contributed by atoms with van der Waals surface area (Å²) in [5.74, 6) is -0.176. The van der Waals surface area contributed by atoms with E-state index in [1.54, 1.807) is 0 Å². The van der Waals surface area contributed by atoms with Crippen LogP contribution in [0.3, 0.4) is 0 Å². The van der Waals surface area contributed by atoms with Crippen molar-refractivity contribution in [1.82, 2.24) is 0 Å². The van der Waals surface area contributed by atoms with Gasteiger partial charge in [0.25, 0.3) is 0 Å². The Labute approximate surface area is 123 Å². The monoisotopic (exact) mass is 279 g/mol. The average molecular weight is 279 g/mol. The fourth-order valence-corrected chi connectivity index (χ4v) is 2.57. The van der Waals surface area contributed by atoms with E-state index in [2.05, 4.69) is 6.92 Å². The Morgan fingerprint density at radius 1 is 0.900 bits per heavy atom. The first-order chi connectivity index (χ1) is 9.72. The standard InChI is InChI=1S/C18H30FN/c1-2-3-4-5-6-7-8-9-10-18(20)15-16-11-13-17(19)14-12-16/h11-14,18H,2-10,15,20H2,1H3. The minimum absolute atomic E-state index is 0.176. The van der Waals surface area contributed by atoms with Crippen molar-refractivity contribution in [3.63, 3.8) is 0 Å². The van der Waals surface area contributed by atoms with E-state index in [4.69, 9.17) is 5.73 Å². The highest BCUT2D eigenvalue weighted by Crippen LogP contribution is 2.12. The van der Waals surface area contributed by atoms with Crippen molar-refractivity contribution in [1.29, 1.82) is 0 Å². The number of nitrogens with two attached hydrogens (primary N) is 1. The Morgan fingerprint density at radius 3 is 2.05 bits per heavy atom. The summed E-state index contributed by atoms with van der Waals surface area (Å²) in [6.45, 7) is 2.25. The van der Waals surface area contributed by atoms with Crippen molar-refractivity contribution in [3.8, 4) is 0 Å². The molecule has 1 aromatic rings. The predicted molar refractivity (Wildman–Crippen MR) is 85.3 cm³/mol. The molecular formula is C18H30FN. The van der Waals surface area contributed by atoms with Crippen LogP contribution >= 0.6 is 0 Å². The Bertz CT molecular complexity index is 334. The highest BCUT2D eigenvalue weighted by atomic mass is 19.1. The van der Waals surface area contributed by atoms with Gasteiger partial charge in [-0.15, -0.1) is 0 Å². The molecule has 0 aliphatic carbocycles. The zero-order valence-corrected chi connectivity index (χ0v) is 12.9. The highest BCUT2D eigenvalue weighted by molar-refractivity contribution is 5.16. The lowest BCUT2D eigenvalue weighted by Crippen LogP contribution is -2.22. The van der Waals surface area contributed by atoms with Crippen LogP contribution in [-0.2, 0) is 6.42 Å². The summed E-state index contributed by atoms with van der Waals surface area (Å²) in [5, 5.41) is 0. The van der Waals surface area contributed by atoms with Crippen LogP contribution in [0.2, 0.25) is 0 Å². The van der Waals surface area contributed by atoms with Crippen molar-refractivity contribution in [2.75, 3.05) is 0 Å². The number of benzene rings is 1. The van der Waals surface area contributed by atoms with E-state index < -0.39 is 0 Å². The lowest BCUT2D eigenvalue weighted by Gasteiger charge is -2.11. The zero-order valence-electron chi connectivity index (χ0n) is 12.9. The Hall–Kier alpha value is -0.890. The second kappa shape index (κ2) is 10.8. The molecule has 114 valence electrons. The van der Waals surface area contributed by atoms with E-state index in [1.165, 1.54) is 63.5 Å². The molecule has 1 aromatic carbocycles. The van der Waals surface area contributed by atoms with Gasteiger partial charge in [0.15, 0.2) is 0 Å². The fraction of sp³-hybridized carbons (Fsp3) is 0.667. The third kappa shape index (κ3) is 8.31. The topological polar surface area (TPSA) is 26.0 Å². The molecule has 0 radical (unpaired) electrons. The van der Waals surface area contributed by atoms with E-state index >= 15 is 0 Å². The maximum atomic E-state index is 12.8. The molecule has 0 bridgehead atoms. The van der Waals surface area contributed by atoms with Gasteiger partial charge in [0, 0.05) is 6.04 Å². The third-order valence-corrected chi connectivity index (χ3v) is 3.84. The minimum Gasteiger partial charge on any atom is -0.327 e. The molecule has 0 amide bonds. The number of hydrogen-bond acceptors (Lipinski definition) is 1. The van der Waals surface area contributed by atoms with E-state index in [-0.39, 0.29) is 11.9 Å². The summed E-state index contributed by atoms with van der Waals surface area (Å²) in [6, 6.07) is 6.91. The molecule has 0 aliphatic rings. The van der Waals surface area contributed by atoms with Gasteiger partial charge in [-0.3, -0.25) is 0 Å². The van der Waals surface area contributed by atoms with Crippen LogP contribution in [0.1, 0.15) is 70.3 Å². The minimum atomic E-state index is -0.176. The molecule has 0 aliphatic heterocycles. The summed E-state index contributed by atoms with van der Waals surface area (Å²) >= 11 is 0. The molecule has 2 N–H and O–H groups in total. The Morgan fingerprint density at radius 2 is 1.45 bits per heavy atom. The van der Waals surface area contributed by atoms with Gasteiger partial charge < -0.3 is 5.73 Å². The van der Waals surface area contributed by atoms with Gasteiger partial charge in [-0.2, -0.15) is 0 Å². The molecule has 0 spiro atoms. The lowest BCUT2D eigenvalue weighted by atomic mass is 10.00. The highest BCUT2D eigenvalue weighted by Gasteiger charge is 2.04. The second-order valence-corrected chi connectivity index (χ2v) is 5.85. The molecule has 0 heterocycles. The zero-order chi connectivity index (χ0) is 14.6. The average Bonchev–Trinajstić information content (AvgIpc) is 2.44. The van der Waals surface area contributed by atoms with Gasteiger partial charge in [-0.25, -0.2) is 4.39 Å². The van der Waals surface area contributed by atoms with Crippen LogP contribution in [0.5, 0.6) is 0 Å². The van der Waals surface area contributed by atoms with Crippen molar-refractivity contribution in [2.24, 2.45) is 5.73 Å². The summed E-state index contributed by atoms with van der Waals surface area (Å²) in [5.41, 5.74) is 7.27. The van der Waals surface area contributed by atoms with Crippen molar-refractivity contribution >= 4 is 0 Å². The molecule has 1 nitrogen and oxygen atoms in total. The predicted octanol–water partition coefficient (Wildman–Crippen LogP) is 5.23. The molecule has 0 fully saturated rings. The van der Waals surface area contributed by atoms with Crippen LogP contribution in [0.15, 0.2) is 24.3 Å². The molecule has 0 saturated heterocycles. The largest absolute Gasteiger partial charge is 0.327 e. The van der Waals surface area contributed by atoms with Gasteiger partial charge in [0.2, 0.25) is 0 Å². The summed E-state index contributed by atoms with van der Waals surface area (Å²) in [6.07, 6.45) is 12.6. The normalized spacial score (nSPS) is 12.6. The lowest BCUT2D eigenvalue weighted by molar-refractivity contribution is 0.524. The molecule has 0 saturated carbocycles. The Kier molecular flexibility index (Phi) is 9.31. The van der Waals surface area contributed by atoms with Crippen LogP contribution in [-0.4, -0.2) is 6.04 Å². The number of hydrogen-bond donors (Lipinski definition) is 1. The third-order valence-electron chi connectivity index (χ3n) is 3.84. The molecule has 20 heavy (non-hydrogen) atoms. The molecule has 1 atom stereocenters. The first-order valence-electron chi connectivity index (χ1n) is 8.22. The van der Waals surface area contributed by atoms with Crippen LogP contribution in [0, 0.1) is 5.82 Å². The second-order valence-electron chi connectivity index (χ2n) is 5.85. The maximum Gasteiger partial charge on any atom is 0.123 e. The van der Waals surface area contributed by atoms with Crippen LogP contribution in [0.25, 0.3) is 0 Å². The SMILES string of the molecule is CCCCCCCCCCC(N)Cc1ccc(F)cc1. The summed E-state index contributed by atoms with van der Waals surface area (Å²) in [4.78, 5) is 0. The summed E-state index contributed by atoms with van der Waals surface area (Å²) in [7, 11) is 0. The number of rotatable bonds is 11. The quantitative estimate of drug-likeness (QED) is 0.552. The smallest absolute Gasteiger partial charge is 0.123 e. The fourth-order valence-electron chi connectivity index (χ4n) is 2.57. The molecular weight excluding hydrogens is 249 g/mol. The van der Waals surface area contributed by atoms with Crippen LogP contribution < -0.4 is 5.73 Å². The maximum absolute atomic E-state index is 12.8. The van der Waals surface area contributed by atoms with Gasteiger partial charge >= 0.3 is 0 Å². The molecule has 1 unspecified atom stereocenters. The van der Waals surface area contributed by atoms with Gasteiger partial charge in [-0.1, -0.05) is 70.4 Å². The molecule has 0 aromatic heterocycles. The molecule has 2 heteroatoms. The van der Waals surface area contributed by atoms with E-state index in [1.807, 2.05) is 12.1 Å². The summed E-state index contributed by atoms with van der Waals surface area (Å²) < 4.78 is 12.8. The van der Waals surface area contributed by atoms with Gasteiger partial charge in [0.05, 0.1) is 0 Å². The van der Waals surface area contributed by atoms with Gasteiger partial charge in [-0.05, 0) is 30.5 Å². The van der Waals surface area contributed by atoms with Crippen molar-refractivity contribution in [3.05, 3.63) is 35.6 Å². The van der Waals surface area contributed by atoms with Crippen LogP contribution in [0.4, 0.5) is 4.39 Å².